The molecule has 0 saturated carbocycles. The lowest BCUT2D eigenvalue weighted by Gasteiger charge is -2.21. The van der Waals surface area contributed by atoms with E-state index in [-0.39, 0.29) is 6.61 Å². The van der Waals surface area contributed by atoms with Crippen molar-refractivity contribution in [2.45, 2.75) is 13.0 Å². The second-order valence-corrected chi connectivity index (χ2v) is 5.80. The number of aliphatic carboxylic acids is 1. The van der Waals surface area contributed by atoms with Gasteiger partial charge in [0.2, 0.25) is 0 Å². The molecule has 1 saturated heterocycles. The molecule has 2 rings (SSSR count). The quantitative estimate of drug-likeness (QED) is 0.900. The number of hydrogen-bond donors (Lipinski definition) is 1. The Morgan fingerprint density at radius 3 is 2.90 bits per heavy atom. The Hall–Kier alpha value is -1.30. The minimum atomic E-state index is -0.979. The molecule has 21 heavy (non-hydrogen) atoms. The minimum absolute atomic E-state index is 0.336. The van der Waals surface area contributed by atoms with Crippen LogP contribution in [0.4, 0.5) is 0 Å². The fourth-order valence-electron chi connectivity index (χ4n) is 2.45. The van der Waals surface area contributed by atoms with Crippen LogP contribution >= 0.6 is 11.6 Å². The Morgan fingerprint density at radius 2 is 2.14 bits per heavy atom. The molecule has 0 unspecified atom stereocenters. The zero-order valence-electron chi connectivity index (χ0n) is 12.2. The predicted octanol–water partition coefficient (Wildman–Crippen LogP) is 1.94. The van der Waals surface area contributed by atoms with E-state index in [1.807, 2.05) is 6.07 Å². The summed E-state index contributed by atoms with van der Waals surface area (Å²) in [5, 5.41) is 9.38. The molecule has 116 valence electrons. The monoisotopic (exact) mass is 312 g/mol. The Morgan fingerprint density at radius 1 is 1.33 bits per heavy atom. The van der Waals surface area contributed by atoms with Gasteiger partial charge in [-0.15, -0.1) is 0 Å². The van der Waals surface area contributed by atoms with E-state index in [9.17, 15) is 4.79 Å². The van der Waals surface area contributed by atoms with Gasteiger partial charge in [0.15, 0.2) is 6.61 Å². The molecule has 0 aromatic heterocycles. The van der Waals surface area contributed by atoms with Crippen LogP contribution in [-0.2, 0) is 11.3 Å². The van der Waals surface area contributed by atoms with Gasteiger partial charge in [0, 0.05) is 30.2 Å². The van der Waals surface area contributed by atoms with Crippen molar-refractivity contribution in [2.75, 3.05) is 39.8 Å². The molecule has 1 heterocycles. The summed E-state index contributed by atoms with van der Waals surface area (Å²) in [6, 6.07) is 5.32. The summed E-state index contributed by atoms with van der Waals surface area (Å²) < 4.78 is 5.35. The molecule has 0 atom stereocenters. The van der Waals surface area contributed by atoms with Crippen molar-refractivity contribution in [2.24, 2.45) is 0 Å². The van der Waals surface area contributed by atoms with Crippen molar-refractivity contribution in [3.63, 3.8) is 0 Å². The van der Waals surface area contributed by atoms with Crippen LogP contribution in [-0.4, -0.2) is 60.7 Å². The molecule has 0 aliphatic carbocycles. The first-order chi connectivity index (χ1) is 10.0. The van der Waals surface area contributed by atoms with Gasteiger partial charge < -0.3 is 14.7 Å². The van der Waals surface area contributed by atoms with E-state index in [0.717, 1.165) is 44.7 Å². The average Bonchev–Trinajstić information content (AvgIpc) is 2.63. The van der Waals surface area contributed by atoms with E-state index in [2.05, 4.69) is 16.8 Å². The molecule has 0 amide bonds. The first-order valence-corrected chi connectivity index (χ1v) is 7.46. The fourth-order valence-corrected chi connectivity index (χ4v) is 2.65. The van der Waals surface area contributed by atoms with E-state index in [4.69, 9.17) is 21.4 Å². The number of hydrogen-bond acceptors (Lipinski definition) is 4. The maximum atomic E-state index is 10.7. The van der Waals surface area contributed by atoms with Crippen molar-refractivity contribution in [1.82, 2.24) is 9.80 Å². The van der Waals surface area contributed by atoms with Crippen molar-refractivity contribution >= 4 is 17.6 Å². The van der Waals surface area contributed by atoms with Crippen LogP contribution in [0.2, 0.25) is 5.02 Å². The molecule has 1 aliphatic rings. The molecule has 0 spiro atoms. The fraction of sp³-hybridized carbons (Fsp3) is 0.533. The number of likely N-dealkylation sites (N-methyl/N-ethyl adjacent to an activating group) is 1. The molecule has 6 heteroatoms. The molecular formula is C15H21ClN2O3. The van der Waals surface area contributed by atoms with Gasteiger partial charge in [-0.3, -0.25) is 4.90 Å². The van der Waals surface area contributed by atoms with E-state index >= 15 is 0 Å². The number of rotatable bonds is 5. The van der Waals surface area contributed by atoms with Gasteiger partial charge in [0.1, 0.15) is 5.75 Å². The van der Waals surface area contributed by atoms with E-state index in [1.54, 1.807) is 12.1 Å². The predicted molar refractivity (Wildman–Crippen MR) is 82.0 cm³/mol. The SMILES string of the molecule is CN1CCCN(Cc2cc(Cl)ccc2OCC(=O)O)CC1. The Bertz CT molecular complexity index is 496. The number of nitrogens with zero attached hydrogens (tertiary/aromatic N) is 2. The van der Waals surface area contributed by atoms with Gasteiger partial charge >= 0.3 is 5.97 Å². The first kappa shape index (κ1) is 16.1. The van der Waals surface area contributed by atoms with Crippen LogP contribution in [0.15, 0.2) is 18.2 Å². The molecule has 1 aromatic rings. The standard InChI is InChI=1S/C15H21ClN2O3/c1-17-5-2-6-18(8-7-17)10-12-9-13(16)3-4-14(12)21-11-15(19)20/h3-4,9H,2,5-8,10-11H2,1H3,(H,19,20). The van der Waals surface area contributed by atoms with Crippen LogP contribution < -0.4 is 4.74 Å². The normalized spacial score (nSPS) is 17.4. The smallest absolute Gasteiger partial charge is 0.341 e. The lowest BCUT2D eigenvalue weighted by molar-refractivity contribution is -0.139. The van der Waals surface area contributed by atoms with Gasteiger partial charge in [0.05, 0.1) is 0 Å². The van der Waals surface area contributed by atoms with Crippen LogP contribution in [0, 0.1) is 0 Å². The maximum absolute atomic E-state index is 10.7. The molecule has 1 aliphatic heterocycles. The number of carboxylic acids is 1. The largest absolute Gasteiger partial charge is 0.482 e. The first-order valence-electron chi connectivity index (χ1n) is 7.08. The van der Waals surface area contributed by atoms with Gasteiger partial charge in [-0.2, -0.15) is 0 Å². The van der Waals surface area contributed by atoms with E-state index < -0.39 is 5.97 Å². The van der Waals surface area contributed by atoms with Gasteiger partial charge in [-0.05, 0) is 44.8 Å². The molecule has 1 aromatic carbocycles. The van der Waals surface area contributed by atoms with Crippen LogP contribution in [0.1, 0.15) is 12.0 Å². The molecule has 1 N–H and O–H groups in total. The Kier molecular flexibility index (Phi) is 5.85. The number of carboxylic acid groups (broad SMARTS) is 1. The molecule has 5 nitrogen and oxygen atoms in total. The van der Waals surface area contributed by atoms with Crippen LogP contribution in [0.5, 0.6) is 5.75 Å². The van der Waals surface area contributed by atoms with Crippen molar-refractivity contribution in [3.05, 3.63) is 28.8 Å². The summed E-state index contributed by atoms with van der Waals surface area (Å²) in [7, 11) is 2.13. The van der Waals surface area contributed by atoms with Gasteiger partial charge in [-0.1, -0.05) is 11.6 Å². The Labute approximate surface area is 130 Å². The number of carbonyl (C=O) groups is 1. The average molecular weight is 313 g/mol. The molecule has 1 fully saturated rings. The lowest BCUT2D eigenvalue weighted by atomic mass is 10.2. The summed E-state index contributed by atoms with van der Waals surface area (Å²) in [6.07, 6.45) is 1.13. The maximum Gasteiger partial charge on any atom is 0.341 e. The summed E-state index contributed by atoms with van der Waals surface area (Å²) in [4.78, 5) is 15.3. The van der Waals surface area contributed by atoms with Gasteiger partial charge in [-0.25, -0.2) is 4.79 Å². The number of halogens is 1. The third kappa shape index (κ3) is 5.19. The highest BCUT2D eigenvalue weighted by atomic mass is 35.5. The lowest BCUT2D eigenvalue weighted by Crippen LogP contribution is -2.28. The van der Waals surface area contributed by atoms with E-state index in [0.29, 0.717) is 10.8 Å². The summed E-state index contributed by atoms with van der Waals surface area (Å²) >= 11 is 6.05. The summed E-state index contributed by atoms with van der Waals surface area (Å²) in [5.74, 6) is -0.383. The zero-order chi connectivity index (χ0) is 15.2. The van der Waals surface area contributed by atoms with Crippen LogP contribution in [0.25, 0.3) is 0 Å². The molecule has 0 bridgehead atoms. The molecule has 0 radical (unpaired) electrons. The highest BCUT2D eigenvalue weighted by Gasteiger charge is 2.15. The van der Waals surface area contributed by atoms with Crippen LogP contribution in [0.3, 0.4) is 0 Å². The van der Waals surface area contributed by atoms with Crippen molar-refractivity contribution in [1.29, 1.82) is 0 Å². The van der Waals surface area contributed by atoms with E-state index in [1.165, 1.54) is 0 Å². The second-order valence-electron chi connectivity index (χ2n) is 5.37. The summed E-state index contributed by atoms with van der Waals surface area (Å²) in [5.41, 5.74) is 0.938. The third-order valence-electron chi connectivity index (χ3n) is 3.58. The van der Waals surface area contributed by atoms with Crippen molar-refractivity contribution in [3.8, 4) is 5.75 Å². The van der Waals surface area contributed by atoms with Crippen molar-refractivity contribution < 1.29 is 14.6 Å². The Balaban J connectivity index is 2.06. The number of benzene rings is 1. The summed E-state index contributed by atoms with van der Waals surface area (Å²) in [6.45, 7) is 4.54. The third-order valence-corrected chi connectivity index (χ3v) is 3.81. The molecular weight excluding hydrogens is 292 g/mol. The highest BCUT2D eigenvalue weighted by molar-refractivity contribution is 6.30. The topological polar surface area (TPSA) is 53.0 Å². The second kappa shape index (κ2) is 7.64. The van der Waals surface area contributed by atoms with Gasteiger partial charge in [0.25, 0.3) is 0 Å². The highest BCUT2D eigenvalue weighted by Crippen LogP contribution is 2.24. The zero-order valence-corrected chi connectivity index (χ0v) is 13.0. The minimum Gasteiger partial charge on any atom is -0.482 e. The number of ether oxygens (including phenoxy) is 1.